The van der Waals surface area contributed by atoms with Crippen molar-refractivity contribution in [3.05, 3.63) is 53.9 Å². The standard InChI is InChI=1S/C23H32N4O3/c1-18(2)27-14-20(12-24-27)13-26-10-6-9-23(17-26)11-21(16-30-23)25-22(28)29-15-19-7-4-3-5-8-19/h3-5,7-8,12,14,18,21H,6,9-11,13,15-17H2,1-2H3,(H,25,28)/t21-,23-/m1/s1. The number of rotatable bonds is 6. The van der Waals surface area contributed by atoms with E-state index in [1.165, 1.54) is 5.56 Å². The van der Waals surface area contributed by atoms with E-state index >= 15 is 0 Å². The first kappa shape index (κ1) is 20.9. The maximum Gasteiger partial charge on any atom is 0.407 e. The summed E-state index contributed by atoms with van der Waals surface area (Å²) in [5, 5.41) is 7.43. The number of alkyl carbamates (subject to hydrolysis) is 1. The molecule has 1 aromatic heterocycles. The van der Waals surface area contributed by atoms with Gasteiger partial charge in [0, 0.05) is 37.3 Å². The maximum absolute atomic E-state index is 12.2. The lowest BCUT2D eigenvalue weighted by molar-refractivity contribution is -0.0534. The fourth-order valence-corrected chi connectivity index (χ4v) is 4.48. The largest absolute Gasteiger partial charge is 0.445 e. The van der Waals surface area contributed by atoms with Crippen molar-refractivity contribution >= 4 is 6.09 Å². The van der Waals surface area contributed by atoms with Gasteiger partial charge >= 0.3 is 6.09 Å². The first-order chi connectivity index (χ1) is 14.5. The van der Waals surface area contributed by atoms with Crippen molar-refractivity contribution in [2.45, 2.75) is 63.9 Å². The minimum Gasteiger partial charge on any atom is -0.445 e. The van der Waals surface area contributed by atoms with Gasteiger partial charge in [-0.3, -0.25) is 9.58 Å². The number of likely N-dealkylation sites (tertiary alicyclic amines) is 1. The van der Waals surface area contributed by atoms with Gasteiger partial charge < -0.3 is 14.8 Å². The summed E-state index contributed by atoms with van der Waals surface area (Å²) in [5.41, 5.74) is 2.04. The Morgan fingerprint density at radius 3 is 2.93 bits per heavy atom. The number of ether oxygens (including phenoxy) is 2. The van der Waals surface area contributed by atoms with Crippen molar-refractivity contribution < 1.29 is 14.3 Å². The fraction of sp³-hybridized carbons (Fsp3) is 0.565. The third-order valence-electron chi connectivity index (χ3n) is 5.95. The van der Waals surface area contributed by atoms with Crippen molar-refractivity contribution in [3.63, 3.8) is 0 Å². The van der Waals surface area contributed by atoms with E-state index in [1.807, 2.05) is 41.2 Å². The lowest BCUT2D eigenvalue weighted by Gasteiger charge is -2.39. The van der Waals surface area contributed by atoms with E-state index in [0.717, 1.165) is 44.5 Å². The van der Waals surface area contributed by atoms with Crippen molar-refractivity contribution in [1.29, 1.82) is 0 Å². The van der Waals surface area contributed by atoms with Crippen LogP contribution in [0.5, 0.6) is 0 Å². The van der Waals surface area contributed by atoms with Crippen LogP contribution in [-0.2, 0) is 22.6 Å². The molecule has 2 atom stereocenters. The molecule has 2 aromatic rings. The highest BCUT2D eigenvalue weighted by Crippen LogP contribution is 2.35. The van der Waals surface area contributed by atoms with E-state index in [9.17, 15) is 4.79 Å². The number of hydrogen-bond donors (Lipinski definition) is 1. The second-order valence-electron chi connectivity index (χ2n) is 8.84. The Morgan fingerprint density at radius 2 is 2.17 bits per heavy atom. The average molecular weight is 413 g/mol. The molecule has 0 bridgehead atoms. The average Bonchev–Trinajstić information content (AvgIpc) is 3.35. The Hall–Kier alpha value is -2.38. The summed E-state index contributed by atoms with van der Waals surface area (Å²) in [7, 11) is 0. The van der Waals surface area contributed by atoms with Crippen LogP contribution < -0.4 is 5.32 Å². The summed E-state index contributed by atoms with van der Waals surface area (Å²) in [6, 6.07) is 10.1. The van der Waals surface area contributed by atoms with E-state index in [1.54, 1.807) is 0 Å². The highest BCUT2D eigenvalue weighted by atomic mass is 16.6. The minimum absolute atomic E-state index is 0.00286. The number of hydrogen-bond acceptors (Lipinski definition) is 5. The van der Waals surface area contributed by atoms with Crippen molar-refractivity contribution in [1.82, 2.24) is 20.0 Å². The van der Waals surface area contributed by atoms with E-state index in [-0.39, 0.29) is 24.3 Å². The molecule has 30 heavy (non-hydrogen) atoms. The van der Waals surface area contributed by atoms with Gasteiger partial charge in [-0.05, 0) is 38.8 Å². The second-order valence-corrected chi connectivity index (χ2v) is 8.84. The first-order valence-corrected chi connectivity index (χ1v) is 10.9. The van der Waals surface area contributed by atoms with Crippen LogP contribution in [0.4, 0.5) is 4.79 Å². The number of piperidine rings is 1. The summed E-state index contributed by atoms with van der Waals surface area (Å²) >= 11 is 0. The Morgan fingerprint density at radius 1 is 1.33 bits per heavy atom. The molecule has 4 rings (SSSR count). The van der Waals surface area contributed by atoms with Gasteiger partial charge in [-0.15, -0.1) is 0 Å². The van der Waals surface area contributed by atoms with Crippen LogP contribution in [0.2, 0.25) is 0 Å². The van der Waals surface area contributed by atoms with Crippen LogP contribution >= 0.6 is 0 Å². The molecule has 7 heteroatoms. The molecule has 0 aliphatic carbocycles. The molecule has 1 spiro atoms. The van der Waals surface area contributed by atoms with Gasteiger partial charge in [0.1, 0.15) is 6.61 Å². The van der Waals surface area contributed by atoms with Crippen LogP contribution in [0.25, 0.3) is 0 Å². The molecule has 1 N–H and O–H groups in total. The predicted molar refractivity (Wildman–Crippen MR) is 114 cm³/mol. The van der Waals surface area contributed by atoms with E-state index < -0.39 is 0 Å². The molecule has 2 aliphatic rings. The smallest absolute Gasteiger partial charge is 0.407 e. The Balaban J connectivity index is 1.26. The van der Waals surface area contributed by atoms with Gasteiger partial charge in [0.05, 0.1) is 24.4 Å². The number of carbonyl (C=O) groups is 1. The summed E-state index contributed by atoms with van der Waals surface area (Å²) in [6.07, 6.45) is 6.68. The van der Waals surface area contributed by atoms with Gasteiger partial charge in [-0.25, -0.2) is 4.79 Å². The summed E-state index contributed by atoms with van der Waals surface area (Å²) in [4.78, 5) is 14.6. The highest BCUT2D eigenvalue weighted by Gasteiger charge is 2.44. The van der Waals surface area contributed by atoms with Gasteiger partial charge in [0.15, 0.2) is 0 Å². The maximum atomic E-state index is 12.2. The number of amides is 1. The number of nitrogens with one attached hydrogen (secondary N) is 1. The molecule has 1 aromatic carbocycles. The molecule has 0 unspecified atom stereocenters. The van der Waals surface area contributed by atoms with Crippen molar-refractivity contribution in [2.75, 3.05) is 19.7 Å². The fourth-order valence-electron chi connectivity index (χ4n) is 4.48. The summed E-state index contributed by atoms with van der Waals surface area (Å²) in [5.74, 6) is 0. The molecule has 7 nitrogen and oxygen atoms in total. The van der Waals surface area contributed by atoms with E-state index in [4.69, 9.17) is 9.47 Å². The molecule has 3 heterocycles. The Bertz CT molecular complexity index is 838. The molecular weight excluding hydrogens is 380 g/mol. The zero-order valence-corrected chi connectivity index (χ0v) is 17.9. The van der Waals surface area contributed by atoms with E-state index in [2.05, 4.69) is 35.4 Å². The zero-order valence-electron chi connectivity index (χ0n) is 17.9. The second kappa shape index (κ2) is 9.18. The molecule has 2 saturated heterocycles. The van der Waals surface area contributed by atoms with Crippen molar-refractivity contribution in [3.8, 4) is 0 Å². The molecule has 2 aliphatic heterocycles. The molecular formula is C23H32N4O3. The van der Waals surface area contributed by atoms with Gasteiger partial charge in [-0.1, -0.05) is 30.3 Å². The minimum atomic E-state index is -0.377. The third kappa shape index (κ3) is 5.21. The number of aromatic nitrogens is 2. The van der Waals surface area contributed by atoms with Crippen molar-refractivity contribution in [2.24, 2.45) is 0 Å². The summed E-state index contributed by atoms with van der Waals surface area (Å²) in [6.45, 7) is 7.93. The zero-order chi connectivity index (χ0) is 21.0. The predicted octanol–water partition coefficient (Wildman–Crippen LogP) is 3.51. The van der Waals surface area contributed by atoms with Crippen LogP contribution in [0.1, 0.15) is 50.3 Å². The highest BCUT2D eigenvalue weighted by molar-refractivity contribution is 5.67. The van der Waals surface area contributed by atoms with Gasteiger partial charge in [0.2, 0.25) is 0 Å². The lowest BCUT2D eigenvalue weighted by atomic mass is 9.88. The molecule has 0 radical (unpaired) electrons. The summed E-state index contributed by atoms with van der Waals surface area (Å²) < 4.78 is 13.6. The topological polar surface area (TPSA) is 68.6 Å². The number of nitrogens with zero attached hydrogens (tertiary/aromatic N) is 3. The van der Waals surface area contributed by atoms with Crippen LogP contribution in [0, 0.1) is 0 Å². The third-order valence-corrected chi connectivity index (χ3v) is 5.95. The molecule has 0 saturated carbocycles. The number of carbonyl (C=O) groups excluding carboxylic acids is 1. The molecule has 1 amide bonds. The van der Waals surface area contributed by atoms with Gasteiger partial charge in [0.25, 0.3) is 0 Å². The molecule has 2 fully saturated rings. The van der Waals surface area contributed by atoms with Crippen LogP contribution in [0.15, 0.2) is 42.7 Å². The molecule has 162 valence electrons. The SMILES string of the molecule is CC(C)n1cc(CN2CCC[C@@]3(C[C@@H](NC(=O)OCc4ccccc4)CO3)C2)cn1. The monoisotopic (exact) mass is 412 g/mol. The quantitative estimate of drug-likeness (QED) is 0.786. The van der Waals surface area contributed by atoms with E-state index in [0.29, 0.717) is 12.6 Å². The van der Waals surface area contributed by atoms with Gasteiger partial charge in [-0.2, -0.15) is 5.10 Å². The lowest BCUT2D eigenvalue weighted by Crippen LogP contribution is -2.48. The Labute approximate surface area is 178 Å². The normalized spacial score (nSPS) is 24.4. The number of benzene rings is 1. The van der Waals surface area contributed by atoms with Crippen LogP contribution in [-0.4, -0.2) is 52.1 Å². The first-order valence-electron chi connectivity index (χ1n) is 10.9. The Kier molecular flexibility index (Phi) is 6.39. The van der Waals surface area contributed by atoms with Crippen LogP contribution in [0.3, 0.4) is 0 Å².